The van der Waals surface area contributed by atoms with Gasteiger partial charge in [0.25, 0.3) is 5.91 Å². The average Bonchev–Trinajstić information content (AvgIpc) is 3.18. The van der Waals surface area contributed by atoms with Crippen LogP contribution in [-0.2, 0) is 6.54 Å². The van der Waals surface area contributed by atoms with E-state index in [2.05, 4.69) is 20.4 Å². The van der Waals surface area contributed by atoms with E-state index in [0.717, 1.165) is 22.7 Å². The molecule has 3 aromatic heterocycles. The van der Waals surface area contributed by atoms with Crippen molar-refractivity contribution in [3.05, 3.63) is 77.7 Å². The van der Waals surface area contributed by atoms with E-state index in [0.29, 0.717) is 23.6 Å². The molecule has 0 aliphatic carbocycles. The lowest BCUT2D eigenvalue weighted by atomic mass is 10.2. The SMILES string of the molecule is COc1ccccc1CNC(=O)c1cc(C)n2nc(-c3ccccn3)cc2n1. The molecule has 140 valence electrons. The molecule has 0 aliphatic rings. The molecule has 3 heterocycles. The summed E-state index contributed by atoms with van der Waals surface area (Å²) in [6.45, 7) is 2.24. The van der Waals surface area contributed by atoms with Gasteiger partial charge in [-0.3, -0.25) is 9.78 Å². The lowest BCUT2D eigenvalue weighted by Gasteiger charge is -2.10. The lowest BCUT2D eigenvalue weighted by Crippen LogP contribution is -2.24. The Kier molecular flexibility index (Phi) is 4.72. The van der Waals surface area contributed by atoms with Crippen molar-refractivity contribution in [1.82, 2.24) is 24.9 Å². The number of benzene rings is 1. The quantitative estimate of drug-likeness (QED) is 0.581. The second kappa shape index (κ2) is 7.48. The highest BCUT2D eigenvalue weighted by Crippen LogP contribution is 2.19. The predicted octanol–water partition coefficient (Wildman–Crippen LogP) is 3.04. The molecule has 7 heteroatoms. The van der Waals surface area contributed by atoms with Gasteiger partial charge in [0.2, 0.25) is 0 Å². The van der Waals surface area contributed by atoms with Crippen molar-refractivity contribution in [1.29, 1.82) is 0 Å². The van der Waals surface area contributed by atoms with Crippen molar-refractivity contribution < 1.29 is 9.53 Å². The van der Waals surface area contributed by atoms with Crippen molar-refractivity contribution in [2.75, 3.05) is 7.11 Å². The number of hydrogen-bond donors (Lipinski definition) is 1. The van der Waals surface area contributed by atoms with Crippen LogP contribution >= 0.6 is 0 Å². The van der Waals surface area contributed by atoms with Crippen LogP contribution < -0.4 is 10.1 Å². The number of nitrogens with one attached hydrogen (secondary N) is 1. The molecule has 0 saturated carbocycles. The highest BCUT2D eigenvalue weighted by atomic mass is 16.5. The summed E-state index contributed by atoms with van der Waals surface area (Å²) in [4.78, 5) is 21.4. The molecular weight excluding hydrogens is 354 g/mol. The molecule has 28 heavy (non-hydrogen) atoms. The van der Waals surface area contributed by atoms with Gasteiger partial charge in [0.15, 0.2) is 5.65 Å². The van der Waals surface area contributed by atoms with Crippen LogP contribution in [0.2, 0.25) is 0 Å². The molecular formula is C21H19N5O2. The Balaban J connectivity index is 1.59. The van der Waals surface area contributed by atoms with Gasteiger partial charge in [-0.05, 0) is 31.2 Å². The molecule has 0 aliphatic heterocycles. The second-order valence-corrected chi connectivity index (χ2v) is 6.29. The number of aryl methyl sites for hydroxylation is 1. The molecule has 0 unspecified atom stereocenters. The van der Waals surface area contributed by atoms with Crippen LogP contribution in [0.5, 0.6) is 5.75 Å². The Bertz CT molecular complexity index is 1140. The Morgan fingerprint density at radius 1 is 1.11 bits per heavy atom. The molecule has 0 bridgehead atoms. The second-order valence-electron chi connectivity index (χ2n) is 6.29. The van der Waals surface area contributed by atoms with Crippen LogP contribution in [0.25, 0.3) is 17.0 Å². The van der Waals surface area contributed by atoms with Crippen LogP contribution in [0.15, 0.2) is 60.8 Å². The highest BCUT2D eigenvalue weighted by Gasteiger charge is 2.14. The number of ether oxygens (including phenoxy) is 1. The van der Waals surface area contributed by atoms with E-state index in [4.69, 9.17) is 4.74 Å². The number of methoxy groups -OCH3 is 1. The fourth-order valence-corrected chi connectivity index (χ4v) is 3.00. The Morgan fingerprint density at radius 2 is 1.93 bits per heavy atom. The summed E-state index contributed by atoms with van der Waals surface area (Å²) in [6.07, 6.45) is 1.72. The topological polar surface area (TPSA) is 81.4 Å². The number of nitrogens with zero attached hydrogens (tertiary/aromatic N) is 4. The Hall–Kier alpha value is -3.74. The minimum atomic E-state index is -0.253. The van der Waals surface area contributed by atoms with E-state index in [-0.39, 0.29) is 5.91 Å². The zero-order valence-corrected chi connectivity index (χ0v) is 15.6. The Labute approximate surface area is 162 Å². The smallest absolute Gasteiger partial charge is 0.270 e. The van der Waals surface area contributed by atoms with E-state index in [1.807, 2.05) is 55.5 Å². The maximum atomic E-state index is 12.6. The summed E-state index contributed by atoms with van der Waals surface area (Å²) in [6, 6.07) is 16.8. The lowest BCUT2D eigenvalue weighted by molar-refractivity contribution is 0.0945. The van der Waals surface area contributed by atoms with Gasteiger partial charge in [0.1, 0.15) is 17.1 Å². The summed E-state index contributed by atoms with van der Waals surface area (Å²) < 4.78 is 7.03. The number of fused-ring (bicyclic) bond motifs is 1. The van der Waals surface area contributed by atoms with Gasteiger partial charge in [-0.25, -0.2) is 9.50 Å². The van der Waals surface area contributed by atoms with Crippen molar-refractivity contribution >= 4 is 11.6 Å². The molecule has 4 rings (SSSR count). The largest absolute Gasteiger partial charge is 0.496 e. The fourth-order valence-electron chi connectivity index (χ4n) is 3.00. The van der Waals surface area contributed by atoms with Crippen LogP contribution in [0.4, 0.5) is 0 Å². The van der Waals surface area contributed by atoms with Crippen molar-refractivity contribution in [3.8, 4) is 17.1 Å². The van der Waals surface area contributed by atoms with Crippen molar-refractivity contribution in [3.63, 3.8) is 0 Å². The molecule has 1 aromatic carbocycles. The van der Waals surface area contributed by atoms with Gasteiger partial charge in [0, 0.05) is 30.1 Å². The van der Waals surface area contributed by atoms with Crippen LogP contribution in [0.1, 0.15) is 21.7 Å². The van der Waals surface area contributed by atoms with E-state index >= 15 is 0 Å². The summed E-state index contributed by atoms with van der Waals surface area (Å²) in [7, 11) is 1.61. The monoisotopic (exact) mass is 373 g/mol. The highest BCUT2D eigenvalue weighted by molar-refractivity contribution is 5.93. The van der Waals surface area contributed by atoms with Gasteiger partial charge in [-0.2, -0.15) is 5.10 Å². The van der Waals surface area contributed by atoms with E-state index in [1.165, 1.54) is 0 Å². The minimum Gasteiger partial charge on any atom is -0.496 e. The van der Waals surface area contributed by atoms with E-state index in [9.17, 15) is 4.79 Å². The molecule has 0 radical (unpaired) electrons. The molecule has 7 nitrogen and oxygen atoms in total. The van der Waals surface area contributed by atoms with Gasteiger partial charge in [-0.1, -0.05) is 24.3 Å². The van der Waals surface area contributed by atoms with Gasteiger partial charge in [-0.15, -0.1) is 0 Å². The fraction of sp³-hybridized carbons (Fsp3) is 0.143. The Morgan fingerprint density at radius 3 is 2.71 bits per heavy atom. The maximum Gasteiger partial charge on any atom is 0.270 e. The summed E-state index contributed by atoms with van der Waals surface area (Å²) >= 11 is 0. The molecule has 4 aromatic rings. The number of rotatable bonds is 5. The van der Waals surface area contributed by atoms with Crippen molar-refractivity contribution in [2.24, 2.45) is 0 Å². The number of pyridine rings is 1. The zero-order valence-electron chi connectivity index (χ0n) is 15.6. The molecule has 0 atom stereocenters. The number of carbonyl (C=O) groups excluding carboxylic acids is 1. The van der Waals surface area contributed by atoms with Crippen molar-refractivity contribution in [2.45, 2.75) is 13.5 Å². The number of carbonyl (C=O) groups is 1. The zero-order chi connectivity index (χ0) is 19.5. The molecule has 0 fully saturated rings. The summed E-state index contributed by atoms with van der Waals surface area (Å²) in [5.41, 5.74) is 4.13. The third-order valence-corrected chi connectivity index (χ3v) is 4.40. The first-order chi connectivity index (χ1) is 13.7. The molecule has 1 N–H and O–H groups in total. The summed E-state index contributed by atoms with van der Waals surface area (Å²) in [5.74, 6) is 0.482. The predicted molar refractivity (Wildman–Crippen MR) is 105 cm³/mol. The number of hydrogen-bond acceptors (Lipinski definition) is 5. The minimum absolute atomic E-state index is 0.253. The van der Waals surface area contributed by atoms with Crippen LogP contribution in [0.3, 0.4) is 0 Å². The first-order valence-electron chi connectivity index (χ1n) is 8.84. The van der Waals surface area contributed by atoms with E-state index in [1.54, 1.807) is 23.9 Å². The average molecular weight is 373 g/mol. The molecule has 0 saturated heterocycles. The normalized spacial score (nSPS) is 10.8. The van der Waals surface area contributed by atoms with Crippen LogP contribution in [-0.4, -0.2) is 32.6 Å². The molecule has 1 amide bonds. The number of amides is 1. The van der Waals surface area contributed by atoms with Gasteiger partial charge < -0.3 is 10.1 Å². The van der Waals surface area contributed by atoms with E-state index < -0.39 is 0 Å². The van der Waals surface area contributed by atoms with Gasteiger partial charge >= 0.3 is 0 Å². The first kappa shape index (κ1) is 17.7. The third-order valence-electron chi connectivity index (χ3n) is 4.40. The number of aromatic nitrogens is 4. The standard InChI is InChI=1S/C21H19N5O2/c1-14-11-18(21(27)23-13-15-7-3-4-9-19(15)28-2)24-20-12-17(25-26(14)20)16-8-5-6-10-22-16/h3-12H,13H2,1-2H3,(H,23,27). The number of para-hydroxylation sites is 1. The first-order valence-corrected chi connectivity index (χ1v) is 8.84. The third kappa shape index (κ3) is 3.42. The maximum absolute atomic E-state index is 12.6. The summed E-state index contributed by atoms with van der Waals surface area (Å²) in [5, 5.41) is 7.44. The molecule has 0 spiro atoms. The van der Waals surface area contributed by atoms with Crippen LogP contribution in [0, 0.1) is 6.92 Å². The van der Waals surface area contributed by atoms with Gasteiger partial charge in [0.05, 0.1) is 12.8 Å².